The Hall–Kier alpha value is -4.11. The highest BCUT2D eigenvalue weighted by Crippen LogP contribution is 2.36. The van der Waals surface area contributed by atoms with Gasteiger partial charge in [0.1, 0.15) is 10.7 Å². The highest BCUT2D eigenvalue weighted by atomic mass is 32.1. The number of rotatable bonds is 6. The fourth-order valence-electron chi connectivity index (χ4n) is 4.45. The molecule has 0 spiro atoms. The van der Waals surface area contributed by atoms with E-state index >= 15 is 0 Å². The summed E-state index contributed by atoms with van der Waals surface area (Å²) < 4.78 is 4.90. The maximum atomic E-state index is 13.2. The number of aromatic amines is 1. The molecule has 1 aliphatic rings. The zero-order valence-corrected chi connectivity index (χ0v) is 19.7. The summed E-state index contributed by atoms with van der Waals surface area (Å²) in [5, 5.41) is 2.80. The van der Waals surface area contributed by atoms with Crippen molar-refractivity contribution in [1.82, 2.24) is 15.0 Å². The molecule has 35 heavy (non-hydrogen) atoms. The van der Waals surface area contributed by atoms with Gasteiger partial charge >= 0.3 is 5.97 Å². The van der Waals surface area contributed by atoms with Gasteiger partial charge in [-0.05, 0) is 23.3 Å². The van der Waals surface area contributed by atoms with Crippen LogP contribution in [0.3, 0.4) is 0 Å². The van der Waals surface area contributed by atoms with Gasteiger partial charge in [-0.2, -0.15) is 0 Å². The lowest BCUT2D eigenvalue weighted by atomic mass is 9.84. The van der Waals surface area contributed by atoms with Crippen molar-refractivity contribution in [3.8, 4) is 11.3 Å². The van der Waals surface area contributed by atoms with Crippen LogP contribution in [0.15, 0.2) is 60.4 Å². The SMILES string of the molecule is COC(=O)C1CC(=O)c2c([nH]c(-c3ccnc(NC(=O)c4cncs4)c3)c2Cc2ccccc2)C1. The predicted octanol–water partition coefficient (Wildman–Crippen LogP) is 4.29. The van der Waals surface area contributed by atoms with Crippen molar-refractivity contribution >= 4 is 34.8 Å². The largest absolute Gasteiger partial charge is 0.469 e. The molecule has 8 nitrogen and oxygen atoms in total. The van der Waals surface area contributed by atoms with Crippen molar-refractivity contribution in [2.45, 2.75) is 19.3 Å². The summed E-state index contributed by atoms with van der Waals surface area (Å²) in [5.74, 6) is -0.881. The minimum atomic E-state index is -0.511. The molecule has 2 N–H and O–H groups in total. The number of ketones is 1. The minimum Gasteiger partial charge on any atom is -0.469 e. The molecule has 4 aromatic rings. The van der Waals surface area contributed by atoms with Crippen LogP contribution in [0.1, 0.15) is 43.3 Å². The average Bonchev–Trinajstić information content (AvgIpc) is 3.53. The maximum absolute atomic E-state index is 13.2. The quantitative estimate of drug-likeness (QED) is 0.393. The van der Waals surface area contributed by atoms with Crippen molar-refractivity contribution in [3.05, 3.63) is 87.6 Å². The highest BCUT2D eigenvalue weighted by molar-refractivity contribution is 7.11. The molecular formula is C26H22N4O4S. The molecule has 3 aromatic heterocycles. The number of H-pyrrole nitrogens is 1. The van der Waals surface area contributed by atoms with Gasteiger partial charge < -0.3 is 15.0 Å². The number of anilines is 1. The van der Waals surface area contributed by atoms with Crippen molar-refractivity contribution in [3.63, 3.8) is 0 Å². The van der Waals surface area contributed by atoms with Crippen LogP contribution in [-0.4, -0.2) is 39.7 Å². The summed E-state index contributed by atoms with van der Waals surface area (Å²) >= 11 is 1.24. The second-order valence-electron chi connectivity index (χ2n) is 8.30. The van der Waals surface area contributed by atoms with Crippen LogP contribution in [0, 0.1) is 5.92 Å². The molecule has 5 rings (SSSR count). The number of ether oxygens (including phenoxy) is 1. The number of aromatic nitrogens is 3. The minimum absolute atomic E-state index is 0.0807. The highest BCUT2D eigenvalue weighted by Gasteiger charge is 2.35. The first-order valence-electron chi connectivity index (χ1n) is 11.1. The second-order valence-corrected chi connectivity index (χ2v) is 9.18. The number of carbonyl (C=O) groups excluding carboxylic acids is 3. The standard InChI is InChI=1S/C26H22N4O4S/c1-34-26(33)17-10-19-23(20(31)11-17)18(9-15-5-3-2-4-6-15)24(29-19)16-7-8-28-22(12-16)30-25(32)21-13-27-14-35-21/h2-8,12-14,17,29H,9-11H2,1H3,(H,28,30,32). The first-order valence-corrected chi connectivity index (χ1v) is 12.0. The molecule has 0 radical (unpaired) electrons. The number of nitrogens with one attached hydrogen (secondary N) is 2. The van der Waals surface area contributed by atoms with Crippen molar-refractivity contribution in [2.24, 2.45) is 5.92 Å². The topological polar surface area (TPSA) is 114 Å². The number of fused-ring (bicyclic) bond motifs is 1. The van der Waals surface area contributed by atoms with Gasteiger partial charge in [-0.25, -0.2) is 4.98 Å². The van der Waals surface area contributed by atoms with E-state index in [-0.39, 0.29) is 24.1 Å². The number of thiazole rings is 1. The first-order chi connectivity index (χ1) is 17.0. The molecule has 176 valence electrons. The lowest BCUT2D eigenvalue weighted by molar-refractivity contribution is -0.145. The third kappa shape index (κ3) is 4.63. The smallest absolute Gasteiger partial charge is 0.309 e. The van der Waals surface area contributed by atoms with E-state index in [0.717, 1.165) is 28.1 Å². The summed E-state index contributed by atoms with van der Waals surface area (Å²) in [6.07, 6.45) is 4.18. The summed E-state index contributed by atoms with van der Waals surface area (Å²) in [6, 6.07) is 13.5. The Bertz CT molecular complexity index is 1400. The average molecular weight is 487 g/mol. The number of amides is 1. The Kier molecular flexibility index (Phi) is 6.24. The molecule has 0 fully saturated rings. The molecule has 1 amide bonds. The fourth-order valence-corrected chi connectivity index (χ4v) is 4.96. The van der Waals surface area contributed by atoms with Gasteiger partial charge in [0.15, 0.2) is 5.78 Å². The lowest BCUT2D eigenvalue weighted by Gasteiger charge is -2.19. The third-order valence-corrected chi connectivity index (χ3v) is 6.82. The van der Waals surface area contributed by atoms with Crippen LogP contribution in [0.25, 0.3) is 11.3 Å². The summed E-state index contributed by atoms with van der Waals surface area (Å²) in [6.45, 7) is 0. The van der Waals surface area contributed by atoms with Crippen LogP contribution in [0.2, 0.25) is 0 Å². The van der Waals surface area contributed by atoms with Crippen molar-refractivity contribution in [1.29, 1.82) is 0 Å². The van der Waals surface area contributed by atoms with Gasteiger partial charge in [-0.3, -0.25) is 19.4 Å². The molecule has 3 heterocycles. The van der Waals surface area contributed by atoms with Crippen molar-refractivity contribution < 1.29 is 19.1 Å². The zero-order valence-electron chi connectivity index (χ0n) is 18.9. The predicted molar refractivity (Wildman–Crippen MR) is 131 cm³/mol. The van der Waals surface area contributed by atoms with Crippen LogP contribution in [-0.2, 0) is 22.4 Å². The Morgan fingerprint density at radius 3 is 2.77 bits per heavy atom. The van der Waals surface area contributed by atoms with E-state index in [1.54, 1.807) is 17.8 Å². The van der Waals surface area contributed by atoms with Crippen LogP contribution < -0.4 is 5.32 Å². The van der Waals surface area contributed by atoms with E-state index in [0.29, 0.717) is 29.1 Å². The number of esters is 1. The monoisotopic (exact) mass is 486 g/mol. The first kappa shape index (κ1) is 22.7. The van der Waals surface area contributed by atoms with E-state index in [4.69, 9.17) is 4.74 Å². The Labute approximate surface area is 205 Å². The van der Waals surface area contributed by atoms with Gasteiger partial charge in [0.05, 0.1) is 30.4 Å². The third-order valence-electron chi connectivity index (χ3n) is 6.05. The number of pyridine rings is 1. The van der Waals surface area contributed by atoms with Gasteiger partial charge in [-0.1, -0.05) is 30.3 Å². The lowest BCUT2D eigenvalue weighted by Crippen LogP contribution is -2.27. The van der Waals surface area contributed by atoms with Crippen LogP contribution in [0.5, 0.6) is 0 Å². The zero-order chi connectivity index (χ0) is 24.4. The van der Waals surface area contributed by atoms with Gasteiger partial charge in [-0.15, -0.1) is 11.3 Å². The summed E-state index contributed by atoms with van der Waals surface area (Å²) in [4.78, 5) is 50.0. The fraction of sp³-hybridized carbons (Fsp3) is 0.192. The molecule has 1 aromatic carbocycles. The Morgan fingerprint density at radius 2 is 2.03 bits per heavy atom. The Morgan fingerprint density at radius 1 is 1.20 bits per heavy atom. The Balaban J connectivity index is 1.55. The molecule has 1 aliphatic carbocycles. The summed E-state index contributed by atoms with van der Waals surface area (Å²) in [5.41, 5.74) is 6.43. The van der Waals surface area contributed by atoms with Gasteiger partial charge in [0.2, 0.25) is 0 Å². The van der Waals surface area contributed by atoms with Crippen LogP contribution in [0.4, 0.5) is 5.82 Å². The van der Waals surface area contributed by atoms with E-state index in [2.05, 4.69) is 20.3 Å². The number of carbonyl (C=O) groups is 3. The molecule has 0 aliphatic heterocycles. The van der Waals surface area contributed by atoms with E-state index in [1.165, 1.54) is 24.6 Å². The molecule has 1 atom stereocenters. The number of benzene rings is 1. The summed E-state index contributed by atoms with van der Waals surface area (Å²) in [7, 11) is 1.34. The molecule has 0 saturated carbocycles. The number of nitrogens with zero attached hydrogens (tertiary/aromatic N) is 2. The normalized spacial score (nSPS) is 14.9. The molecule has 1 unspecified atom stereocenters. The van der Waals surface area contributed by atoms with Crippen LogP contribution >= 0.6 is 11.3 Å². The number of hydrogen-bond donors (Lipinski definition) is 2. The number of Topliss-reactive ketones (excluding diaryl/α,β-unsaturated/α-hetero) is 1. The maximum Gasteiger partial charge on any atom is 0.309 e. The molecule has 0 saturated heterocycles. The molecular weight excluding hydrogens is 464 g/mol. The van der Waals surface area contributed by atoms with Gasteiger partial charge in [0.25, 0.3) is 5.91 Å². The van der Waals surface area contributed by atoms with E-state index < -0.39 is 5.92 Å². The number of hydrogen-bond acceptors (Lipinski definition) is 7. The van der Waals surface area contributed by atoms with Gasteiger partial charge in [0, 0.05) is 42.3 Å². The van der Waals surface area contributed by atoms with E-state index in [1.807, 2.05) is 36.4 Å². The van der Waals surface area contributed by atoms with E-state index in [9.17, 15) is 14.4 Å². The molecule has 0 bridgehead atoms. The second kappa shape index (κ2) is 9.63. The van der Waals surface area contributed by atoms with Crippen molar-refractivity contribution in [2.75, 3.05) is 12.4 Å². The number of methoxy groups -OCH3 is 1. The molecule has 9 heteroatoms.